The molecule has 0 aliphatic heterocycles. The average molecular weight is 515 g/mol. The van der Waals surface area contributed by atoms with E-state index in [0.717, 1.165) is 52.9 Å². The number of pyridine rings is 1. The van der Waals surface area contributed by atoms with Gasteiger partial charge in [0.1, 0.15) is 5.75 Å². The molecule has 0 spiro atoms. The van der Waals surface area contributed by atoms with Gasteiger partial charge >= 0.3 is 0 Å². The van der Waals surface area contributed by atoms with E-state index in [0.29, 0.717) is 24.0 Å². The number of hydrogen-bond donors (Lipinski definition) is 1. The van der Waals surface area contributed by atoms with Gasteiger partial charge in [0, 0.05) is 22.5 Å². The Morgan fingerprint density at radius 1 is 1.14 bits per heavy atom. The molecule has 0 bridgehead atoms. The van der Waals surface area contributed by atoms with Crippen LogP contribution in [0, 0.1) is 0 Å². The van der Waals surface area contributed by atoms with Crippen molar-refractivity contribution in [3.63, 3.8) is 0 Å². The summed E-state index contributed by atoms with van der Waals surface area (Å²) >= 11 is 6.14. The van der Waals surface area contributed by atoms with Crippen LogP contribution in [0.2, 0.25) is 5.02 Å². The fourth-order valence-electron chi connectivity index (χ4n) is 5.05. The number of benzene rings is 2. The average Bonchev–Trinajstić information content (AvgIpc) is 3.33. The zero-order valence-electron chi connectivity index (χ0n) is 21.1. The topological polar surface area (TPSA) is 71.2 Å². The molecular weight excluding hydrogens is 484 g/mol. The molecule has 5 rings (SSSR count). The highest BCUT2D eigenvalue weighted by molar-refractivity contribution is 6.30. The third-order valence-corrected chi connectivity index (χ3v) is 7.22. The molecule has 2 heterocycles. The van der Waals surface area contributed by atoms with Crippen LogP contribution in [0.5, 0.6) is 5.75 Å². The van der Waals surface area contributed by atoms with Crippen molar-refractivity contribution in [2.24, 2.45) is 0 Å². The summed E-state index contributed by atoms with van der Waals surface area (Å²) in [6, 6.07) is 17.2. The van der Waals surface area contributed by atoms with Gasteiger partial charge in [-0.25, -0.2) is 0 Å². The predicted octanol–water partition coefficient (Wildman–Crippen LogP) is 6.46. The van der Waals surface area contributed by atoms with Crippen molar-refractivity contribution in [1.29, 1.82) is 0 Å². The SMILES string of the molecule is CC(C)c1ccc(N(Cc2cnn(Cc3cccc(Cl)c3)c2)C(=O)C2CCCc3c(O)cccc32)cn1. The van der Waals surface area contributed by atoms with Crippen LogP contribution in [-0.4, -0.2) is 25.8 Å². The number of carbonyl (C=O) groups excluding carboxylic acids is 1. The number of nitrogens with zero attached hydrogens (tertiary/aromatic N) is 4. The Hall–Kier alpha value is -3.64. The second-order valence-electron chi connectivity index (χ2n) is 9.99. The van der Waals surface area contributed by atoms with Gasteiger partial charge in [0.2, 0.25) is 5.91 Å². The maximum Gasteiger partial charge on any atom is 0.234 e. The van der Waals surface area contributed by atoms with E-state index >= 15 is 0 Å². The molecule has 7 heteroatoms. The third-order valence-electron chi connectivity index (χ3n) is 6.98. The van der Waals surface area contributed by atoms with Crippen LogP contribution in [0.15, 0.2) is 73.2 Å². The van der Waals surface area contributed by atoms with Gasteiger partial charge in [0.15, 0.2) is 0 Å². The molecule has 0 radical (unpaired) electrons. The molecule has 0 fully saturated rings. The van der Waals surface area contributed by atoms with Crippen molar-refractivity contribution < 1.29 is 9.90 Å². The number of anilines is 1. The molecule has 0 saturated carbocycles. The molecule has 37 heavy (non-hydrogen) atoms. The summed E-state index contributed by atoms with van der Waals surface area (Å²) in [5, 5.41) is 15.6. The number of amides is 1. The monoisotopic (exact) mass is 514 g/mol. The first-order valence-corrected chi connectivity index (χ1v) is 13.1. The van der Waals surface area contributed by atoms with Crippen molar-refractivity contribution in [1.82, 2.24) is 14.8 Å². The lowest BCUT2D eigenvalue weighted by Gasteiger charge is -2.31. The summed E-state index contributed by atoms with van der Waals surface area (Å²) in [6.45, 7) is 5.17. The van der Waals surface area contributed by atoms with Gasteiger partial charge in [0.25, 0.3) is 0 Å². The summed E-state index contributed by atoms with van der Waals surface area (Å²) < 4.78 is 1.86. The van der Waals surface area contributed by atoms with Crippen molar-refractivity contribution in [2.45, 2.75) is 58.0 Å². The lowest BCUT2D eigenvalue weighted by Crippen LogP contribution is -2.36. The number of aromatic nitrogens is 3. The van der Waals surface area contributed by atoms with E-state index in [9.17, 15) is 9.90 Å². The van der Waals surface area contributed by atoms with E-state index in [1.54, 1.807) is 18.5 Å². The molecule has 2 aromatic heterocycles. The molecular formula is C30H31ClN4O2. The van der Waals surface area contributed by atoms with E-state index in [2.05, 4.69) is 23.9 Å². The Bertz CT molecular complexity index is 1400. The fourth-order valence-corrected chi connectivity index (χ4v) is 5.26. The van der Waals surface area contributed by atoms with Crippen LogP contribution >= 0.6 is 11.6 Å². The van der Waals surface area contributed by atoms with Crippen molar-refractivity contribution in [3.05, 3.63) is 106 Å². The molecule has 0 saturated heterocycles. The molecule has 1 aliphatic rings. The zero-order valence-corrected chi connectivity index (χ0v) is 21.9. The Balaban J connectivity index is 1.44. The van der Waals surface area contributed by atoms with Gasteiger partial charge in [-0.3, -0.25) is 14.5 Å². The van der Waals surface area contributed by atoms with E-state index in [1.165, 1.54) is 0 Å². The Morgan fingerprint density at radius 2 is 1.97 bits per heavy atom. The lowest BCUT2D eigenvalue weighted by molar-refractivity contribution is -0.120. The van der Waals surface area contributed by atoms with Crippen molar-refractivity contribution in [2.75, 3.05) is 4.90 Å². The van der Waals surface area contributed by atoms with E-state index in [4.69, 9.17) is 11.6 Å². The summed E-state index contributed by atoms with van der Waals surface area (Å²) in [4.78, 5) is 20.5. The Labute approximate surface area is 222 Å². The van der Waals surface area contributed by atoms with Gasteiger partial charge < -0.3 is 10.0 Å². The molecule has 6 nitrogen and oxygen atoms in total. The first kappa shape index (κ1) is 25.0. The minimum Gasteiger partial charge on any atom is -0.508 e. The standard InChI is InChI=1S/C30H31ClN4O2/c1-20(2)28-13-12-24(16-32-28)35(30(37)27-10-4-9-26-25(27)8-5-11-29(26)36)19-22-15-33-34(18-22)17-21-6-3-7-23(31)14-21/h3,5-8,11-16,18,20,27,36H,4,9-10,17,19H2,1-2H3. The normalized spacial score (nSPS) is 15.0. The molecule has 1 atom stereocenters. The Kier molecular flexibility index (Phi) is 7.28. The number of fused-ring (bicyclic) bond motifs is 1. The molecule has 1 unspecified atom stereocenters. The number of aromatic hydroxyl groups is 1. The fraction of sp³-hybridized carbons (Fsp3) is 0.300. The molecule has 1 N–H and O–H groups in total. The van der Waals surface area contributed by atoms with Crippen LogP contribution in [0.1, 0.15) is 66.5 Å². The van der Waals surface area contributed by atoms with Gasteiger partial charge in [-0.15, -0.1) is 0 Å². The summed E-state index contributed by atoms with van der Waals surface area (Å²) in [7, 11) is 0. The highest BCUT2D eigenvalue weighted by Crippen LogP contribution is 2.38. The van der Waals surface area contributed by atoms with Crippen molar-refractivity contribution >= 4 is 23.2 Å². The lowest BCUT2D eigenvalue weighted by atomic mass is 9.81. The Morgan fingerprint density at radius 3 is 2.73 bits per heavy atom. The molecule has 1 amide bonds. The summed E-state index contributed by atoms with van der Waals surface area (Å²) in [5.74, 6) is 0.262. The van der Waals surface area contributed by atoms with Gasteiger partial charge in [-0.05, 0) is 72.2 Å². The van der Waals surface area contributed by atoms with Gasteiger partial charge in [0.05, 0.1) is 37.1 Å². The second-order valence-corrected chi connectivity index (χ2v) is 10.4. The van der Waals surface area contributed by atoms with Gasteiger partial charge in [-0.2, -0.15) is 5.10 Å². The number of phenolic OH excluding ortho intramolecular Hbond substituents is 1. The van der Waals surface area contributed by atoms with Crippen LogP contribution in [-0.2, 0) is 24.3 Å². The molecule has 4 aromatic rings. The quantitative estimate of drug-likeness (QED) is 0.307. The molecule has 2 aromatic carbocycles. The number of phenols is 1. The van der Waals surface area contributed by atoms with Gasteiger partial charge in [-0.1, -0.05) is 49.7 Å². The number of carbonyl (C=O) groups is 1. The zero-order chi connectivity index (χ0) is 25.9. The van der Waals surface area contributed by atoms with Crippen LogP contribution < -0.4 is 4.90 Å². The van der Waals surface area contributed by atoms with E-state index in [1.807, 2.05) is 64.3 Å². The molecule has 1 aliphatic carbocycles. The van der Waals surface area contributed by atoms with Crippen LogP contribution in [0.25, 0.3) is 0 Å². The first-order valence-electron chi connectivity index (χ1n) is 12.7. The number of halogens is 1. The highest BCUT2D eigenvalue weighted by atomic mass is 35.5. The predicted molar refractivity (Wildman–Crippen MR) is 146 cm³/mol. The van der Waals surface area contributed by atoms with Crippen LogP contribution in [0.3, 0.4) is 0 Å². The van der Waals surface area contributed by atoms with Crippen molar-refractivity contribution in [3.8, 4) is 5.75 Å². The minimum atomic E-state index is -0.317. The maximum absolute atomic E-state index is 14.1. The first-order chi connectivity index (χ1) is 17.9. The minimum absolute atomic E-state index is 0.00763. The van der Waals surface area contributed by atoms with E-state index < -0.39 is 0 Å². The summed E-state index contributed by atoms with van der Waals surface area (Å²) in [6.07, 6.45) is 7.95. The smallest absolute Gasteiger partial charge is 0.234 e. The van der Waals surface area contributed by atoms with Crippen LogP contribution in [0.4, 0.5) is 5.69 Å². The number of hydrogen-bond acceptors (Lipinski definition) is 4. The number of rotatable bonds is 7. The van der Waals surface area contributed by atoms with E-state index in [-0.39, 0.29) is 17.6 Å². The largest absolute Gasteiger partial charge is 0.508 e. The third kappa shape index (κ3) is 5.54. The summed E-state index contributed by atoms with van der Waals surface area (Å²) in [5.41, 5.74) is 5.53. The highest BCUT2D eigenvalue weighted by Gasteiger charge is 2.32. The second kappa shape index (κ2) is 10.8. The molecule has 190 valence electrons. The maximum atomic E-state index is 14.1.